The van der Waals surface area contributed by atoms with Crippen molar-refractivity contribution in [2.45, 2.75) is 125 Å². The van der Waals surface area contributed by atoms with Crippen molar-refractivity contribution in [1.29, 1.82) is 0 Å². The molecule has 0 spiro atoms. The minimum absolute atomic E-state index is 0. The molecular formula is C50H66Cl2Zr. The van der Waals surface area contributed by atoms with Gasteiger partial charge in [0.2, 0.25) is 0 Å². The van der Waals surface area contributed by atoms with Crippen LogP contribution in [0.15, 0.2) is 85.0 Å². The number of rotatable bonds is 4. The van der Waals surface area contributed by atoms with Crippen LogP contribution in [0.3, 0.4) is 0 Å². The molecule has 284 valence electrons. The van der Waals surface area contributed by atoms with Crippen molar-refractivity contribution >= 4 is 43.4 Å². The van der Waals surface area contributed by atoms with Crippen molar-refractivity contribution < 1.29 is 18.3 Å². The van der Waals surface area contributed by atoms with E-state index in [1.54, 1.807) is 12.1 Å². The summed E-state index contributed by atoms with van der Waals surface area (Å²) in [4.78, 5) is 0. The van der Waals surface area contributed by atoms with Crippen molar-refractivity contribution in [3.8, 4) is 11.1 Å². The van der Waals surface area contributed by atoms with Crippen molar-refractivity contribution in [2.24, 2.45) is 22.2 Å². The SMILES string of the molecule is Cl.Cl.[CH2]=[Zr]([CH2]C)([C]1=CC(C(C)(C)C)=CC1C)([C]1=C(C(C)(C)C)c2cc3c(cc2C1(C)C)Cc1cc2c(cc1-3)C(C(C)(C)C)=CC2(C)C)[c]1ccccc1. The molecule has 7 rings (SSSR count). The van der Waals surface area contributed by atoms with Crippen molar-refractivity contribution in [1.82, 2.24) is 0 Å². The fraction of sp³-hybridized carbons (Fsp3) is 0.460. The maximum absolute atomic E-state index is 5.81. The zero-order chi connectivity index (χ0) is 37.5. The van der Waals surface area contributed by atoms with Crippen LogP contribution in [0, 0.1) is 22.2 Å². The van der Waals surface area contributed by atoms with Crippen LogP contribution in [0.25, 0.3) is 22.3 Å². The molecule has 53 heavy (non-hydrogen) atoms. The Kier molecular flexibility index (Phi) is 10.1. The Labute approximate surface area is 336 Å². The van der Waals surface area contributed by atoms with Gasteiger partial charge in [0.15, 0.2) is 0 Å². The fourth-order valence-electron chi connectivity index (χ4n) is 11.1. The van der Waals surface area contributed by atoms with Gasteiger partial charge in [0, 0.05) is 0 Å². The van der Waals surface area contributed by atoms with E-state index in [-0.39, 0.29) is 51.9 Å². The Bertz CT molecular complexity index is 2210. The second kappa shape index (κ2) is 12.7. The molecule has 1 unspecified atom stereocenters. The molecule has 3 aromatic carbocycles. The summed E-state index contributed by atoms with van der Waals surface area (Å²) in [6, 6.07) is 22.1. The maximum atomic E-state index is 5.81. The second-order valence-corrected chi connectivity index (χ2v) is 35.2. The third kappa shape index (κ3) is 5.95. The number of hydrogen-bond donors (Lipinski definition) is 0. The van der Waals surface area contributed by atoms with E-state index in [0.717, 1.165) is 10.5 Å². The summed E-state index contributed by atoms with van der Waals surface area (Å²) in [5.74, 6) is 0.365. The molecule has 0 aliphatic heterocycles. The van der Waals surface area contributed by atoms with Gasteiger partial charge in [0.05, 0.1) is 0 Å². The first-order valence-corrected chi connectivity index (χ1v) is 26.9. The molecular weight excluding hydrogens is 763 g/mol. The first kappa shape index (κ1) is 42.1. The molecule has 0 N–H and O–H groups in total. The van der Waals surface area contributed by atoms with Gasteiger partial charge in [-0.3, -0.25) is 0 Å². The van der Waals surface area contributed by atoms with Crippen LogP contribution < -0.4 is 3.27 Å². The zero-order valence-corrected chi connectivity index (χ0v) is 39.5. The van der Waals surface area contributed by atoms with E-state index < -0.39 is 18.3 Å². The minimum atomic E-state index is -4.58. The van der Waals surface area contributed by atoms with E-state index in [4.69, 9.17) is 4.21 Å². The number of fused-ring (bicyclic) bond motifs is 5. The summed E-state index contributed by atoms with van der Waals surface area (Å²) in [6.07, 6.45) is 8.77. The summed E-state index contributed by atoms with van der Waals surface area (Å²) >= 11 is -4.58. The van der Waals surface area contributed by atoms with Gasteiger partial charge in [0.25, 0.3) is 0 Å². The second-order valence-electron chi connectivity index (χ2n) is 21.1. The van der Waals surface area contributed by atoms with E-state index in [9.17, 15) is 0 Å². The Morgan fingerprint density at radius 3 is 1.75 bits per heavy atom. The van der Waals surface area contributed by atoms with Gasteiger partial charge in [-0.15, -0.1) is 24.8 Å². The summed E-state index contributed by atoms with van der Waals surface area (Å²) in [5, 5.41) is 0. The van der Waals surface area contributed by atoms with Crippen molar-refractivity contribution in [3.05, 3.63) is 118 Å². The van der Waals surface area contributed by atoms with Crippen LogP contribution in [0.4, 0.5) is 0 Å². The van der Waals surface area contributed by atoms with E-state index in [2.05, 4.69) is 177 Å². The number of benzene rings is 3. The zero-order valence-electron chi connectivity index (χ0n) is 35.4. The predicted octanol–water partition coefficient (Wildman–Crippen LogP) is 14.3. The molecule has 0 saturated carbocycles. The number of halogens is 2. The van der Waals surface area contributed by atoms with Crippen LogP contribution in [0.1, 0.15) is 137 Å². The topological polar surface area (TPSA) is 0 Å². The average Bonchev–Trinajstić information content (AvgIpc) is 3.73. The third-order valence-corrected chi connectivity index (χ3v) is 31.8. The van der Waals surface area contributed by atoms with E-state index in [1.807, 2.05) is 0 Å². The normalized spacial score (nSPS) is 20.1. The number of hydrogen-bond acceptors (Lipinski definition) is 0. The Morgan fingerprint density at radius 2 is 1.26 bits per heavy atom. The van der Waals surface area contributed by atoms with Gasteiger partial charge in [0.1, 0.15) is 0 Å². The quantitative estimate of drug-likeness (QED) is 0.192. The average molecular weight is 829 g/mol. The molecule has 0 aromatic heterocycles. The fourth-order valence-corrected chi connectivity index (χ4v) is 29.6. The Morgan fingerprint density at radius 1 is 0.717 bits per heavy atom. The van der Waals surface area contributed by atoms with Crippen molar-refractivity contribution in [3.63, 3.8) is 0 Å². The third-order valence-electron chi connectivity index (χ3n) is 13.7. The molecule has 0 amide bonds. The Balaban J connectivity index is 0.00000271. The molecule has 0 bridgehead atoms. The molecule has 0 heterocycles. The molecule has 0 fully saturated rings. The molecule has 0 saturated heterocycles. The van der Waals surface area contributed by atoms with Crippen LogP contribution in [-0.4, -0.2) is 4.21 Å². The van der Waals surface area contributed by atoms with Gasteiger partial charge < -0.3 is 0 Å². The number of allylic oxidation sites excluding steroid dienone is 8. The van der Waals surface area contributed by atoms with Crippen LogP contribution in [-0.2, 0) is 35.5 Å². The first-order chi connectivity index (χ1) is 23.3. The van der Waals surface area contributed by atoms with Crippen molar-refractivity contribution in [2.75, 3.05) is 0 Å². The van der Waals surface area contributed by atoms with Crippen LogP contribution >= 0.6 is 24.8 Å². The van der Waals surface area contributed by atoms with E-state index in [1.165, 1.54) is 58.9 Å². The van der Waals surface area contributed by atoms with Gasteiger partial charge in [-0.1, -0.05) is 0 Å². The van der Waals surface area contributed by atoms with Crippen LogP contribution in [0.5, 0.6) is 0 Å². The standard InChI is InChI=1S/C31H37.C10H15.C6H5.C2H5.CH2.2ClH.Zr/c1-28(2,3)26-16-30(7,8)24-12-18-11-19-13-25-23(15-21(19)20(18)14-22(24)26)27(29(4,5)6)17-31(25,9)10;1-8-5-6-9(7-8)10(2,3)4;1-2-4-6-5-3-1;1-2;;;;/h12-16H,11H2,1-10H3;6-8H,1-4H3;1-5H;1H2,2H3;1H2;2*1H;. The van der Waals surface area contributed by atoms with E-state index in [0.29, 0.717) is 5.92 Å². The molecule has 4 aliphatic rings. The van der Waals surface area contributed by atoms with Gasteiger partial charge >= 0.3 is 314 Å². The summed E-state index contributed by atoms with van der Waals surface area (Å²) in [5.41, 5.74) is 16.4. The molecule has 0 radical (unpaired) electrons. The van der Waals surface area contributed by atoms with Gasteiger partial charge in [-0.05, 0) is 0 Å². The monoisotopic (exact) mass is 826 g/mol. The predicted molar refractivity (Wildman–Crippen MR) is 238 cm³/mol. The van der Waals surface area contributed by atoms with E-state index >= 15 is 0 Å². The first-order valence-electron chi connectivity index (χ1n) is 19.7. The van der Waals surface area contributed by atoms with Crippen LogP contribution in [0.2, 0.25) is 4.13 Å². The molecule has 1 atom stereocenters. The molecule has 0 nitrogen and oxygen atoms in total. The van der Waals surface area contributed by atoms with Gasteiger partial charge in [-0.2, -0.15) is 0 Å². The Hall–Kier alpha value is -2.05. The molecule has 4 aliphatic carbocycles. The molecule has 3 heteroatoms. The summed E-state index contributed by atoms with van der Waals surface area (Å²) < 4.78 is 11.7. The van der Waals surface area contributed by atoms with Gasteiger partial charge in [-0.25, -0.2) is 0 Å². The molecule has 3 aromatic rings. The summed E-state index contributed by atoms with van der Waals surface area (Å²) in [6.45, 7) is 36.5. The summed E-state index contributed by atoms with van der Waals surface area (Å²) in [7, 11) is 0.